The van der Waals surface area contributed by atoms with Crippen molar-refractivity contribution >= 4 is 40.5 Å². The average molecular weight is 282 g/mol. The Morgan fingerprint density at radius 2 is 2.33 bits per heavy atom. The topological polar surface area (TPSA) is 98.7 Å². The van der Waals surface area contributed by atoms with Crippen molar-refractivity contribution in [1.82, 2.24) is 19.4 Å². The summed E-state index contributed by atoms with van der Waals surface area (Å²) >= 11 is 5.93. The van der Waals surface area contributed by atoms with E-state index in [2.05, 4.69) is 20.0 Å². The van der Waals surface area contributed by atoms with Gasteiger partial charge >= 0.3 is 0 Å². The number of aryl methyl sites for hydroxylation is 2. The van der Waals surface area contributed by atoms with Crippen molar-refractivity contribution < 1.29 is 4.79 Å². The molecule has 0 radical (unpaired) electrons. The third-order valence-electron chi connectivity index (χ3n) is 2.29. The molecule has 1 amide bonds. The number of carbonyl (C=O) groups excluding carboxylic acids is 1. The number of thiocarbonyl (C=S) groups is 1. The Kier molecular flexibility index (Phi) is 3.34. The minimum atomic E-state index is -0.302. The van der Waals surface area contributed by atoms with Gasteiger partial charge in [0.05, 0.1) is 17.5 Å². The van der Waals surface area contributed by atoms with Crippen molar-refractivity contribution in [2.75, 3.05) is 5.32 Å². The number of nitrogens with zero attached hydrogens (tertiary/aromatic N) is 4. The molecule has 0 aliphatic rings. The van der Waals surface area contributed by atoms with E-state index in [0.29, 0.717) is 22.0 Å². The normalized spacial score (nSPS) is 10.3. The SMILES string of the molecule is Cc1nnsc1C(=O)Nc1c(C(N)=S)cnn1C. The number of aromatic nitrogens is 4. The van der Waals surface area contributed by atoms with Gasteiger partial charge in [0.15, 0.2) is 0 Å². The maximum absolute atomic E-state index is 12.0. The fourth-order valence-electron chi connectivity index (χ4n) is 1.37. The van der Waals surface area contributed by atoms with Gasteiger partial charge in [-0.25, -0.2) is 0 Å². The molecule has 0 atom stereocenters. The molecule has 0 fully saturated rings. The Labute approximate surface area is 112 Å². The molecule has 18 heavy (non-hydrogen) atoms. The lowest BCUT2D eigenvalue weighted by Crippen LogP contribution is -2.18. The van der Waals surface area contributed by atoms with E-state index in [1.165, 1.54) is 10.9 Å². The molecule has 0 aliphatic carbocycles. The molecule has 0 unspecified atom stereocenters. The smallest absolute Gasteiger partial charge is 0.270 e. The Morgan fingerprint density at radius 3 is 2.89 bits per heavy atom. The number of nitrogens with one attached hydrogen (secondary N) is 1. The molecule has 2 aromatic heterocycles. The van der Waals surface area contributed by atoms with Crippen LogP contribution in [0.25, 0.3) is 0 Å². The molecule has 0 spiro atoms. The van der Waals surface area contributed by atoms with Crippen LogP contribution in [-0.4, -0.2) is 30.3 Å². The number of hydrogen-bond donors (Lipinski definition) is 2. The molecule has 0 saturated heterocycles. The summed E-state index contributed by atoms with van der Waals surface area (Å²) in [6.45, 7) is 1.72. The summed E-state index contributed by atoms with van der Waals surface area (Å²) in [6.07, 6.45) is 1.51. The van der Waals surface area contributed by atoms with E-state index in [1.807, 2.05) is 0 Å². The van der Waals surface area contributed by atoms with Crippen molar-refractivity contribution in [3.63, 3.8) is 0 Å². The minimum absolute atomic E-state index is 0.178. The maximum atomic E-state index is 12.0. The highest BCUT2D eigenvalue weighted by molar-refractivity contribution is 7.80. The number of rotatable bonds is 3. The Morgan fingerprint density at radius 1 is 1.61 bits per heavy atom. The maximum Gasteiger partial charge on any atom is 0.270 e. The molecule has 9 heteroatoms. The first-order valence-corrected chi connectivity index (χ1v) is 6.11. The van der Waals surface area contributed by atoms with Crippen molar-refractivity contribution in [3.05, 3.63) is 22.3 Å². The third kappa shape index (κ3) is 2.22. The van der Waals surface area contributed by atoms with Gasteiger partial charge in [-0.1, -0.05) is 16.7 Å². The van der Waals surface area contributed by atoms with E-state index in [0.717, 1.165) is 11.5 Å². The summed E-state index contributed by atoms with van der Waals surface area (Å²) in [5.41, 5.74) is 6.66. The first-order valence-electron chi connectivity index (χ1n) is 4.92. The highest BCUT2D eigenvalue weighted by Gasteiger charge is 2.18. The second-order valence-electron chi connectivity index (χ2n) is 3.54. The second-order valence-corrected chi connectivity index (χ2v) is 4.73. The van der Waals surface area contributed by atoms with Crippen LogP contribution in [0, 0.1) is 6.92 Å². The first-order chi connectivity index (χ1) is 8.50. The van der Waals surface area contributed by atoms with Gasteiger partial charge in [-0.15, -0.1) is 5.10 Å². The standard InChI is InChI=1S/C9H10N6OS2/c1-4-6(18-14-13-4)9(16)12-8-5(7(10)17)3-11-15(8)2/h3H,1-2H3,(H2,10,17)(H,12,16). The van der Waals surface area contributed by atoms with E-state index in [9.17, 15) is 4.79 Å². The van der Waals surface area contributed by atoms with Crippen LogP contribution in [0.4, 0.5) is 5.82 Å². The Balaban J connectivity index is 2.30. The Hall–Kier alpha value is -1.87. The van der Waals surface area contributed by atoms with Gasteiger partial charge in [-0.3, -0.25) is 9.48 Å². The zero-order valence-electron chi connectivity index (χ0n) is 9.67. The fourth-order valence-corrected chi connectivity index (χ4v) is 2.07. The van der Waals surface area contributed by atoms with Crippen LogP contribution in [0.1, 0.15) is 20.9 Å². The molecule has 0 saturated carbocycles. The van der Waals surface area contributed by atoms with Crippen LogP contribution in [0.5, 0.6) is 0 Å². The van der Waals surface area contributed by atoms with Gasteiger partial charge in [0.25, 0.3) is 5.91 Å². The number of hydrogen-bond acceptors (Lipinski definition) is 6. The fraction of sp³-hybridized carbons (Fsp3) is 0.222. The number of amides is 1. The number of nitrogens with two attached hydrogens (primary N) is 1. The van der Waals surface area contributed by atoms with Crippen molar-refractivity contribution in [3.8, 4) is 0 Å². The molecular formula is C9H10N6OS2. The predicted molar refractivity (Wildman–Crippen MR) is 71.7 cm³/mol. The predicted octanol–water partition coefficient (Wildman–Crippen LogP) is 0.467. The number of anilines is 1. The molecule has 0 bridgehead atoms. The van der Waals surface area contributed by atoms with Crippen LogP contribution >= 0.6 is 23.8 Å². The molecule has 2 heterocycles. The van der Waals surface area contributed by atoms with Gasteiger partial charge < -0.3 is 11.1 Å². The largest absolute Gasteiger partial charge is 0.389 e. The van der Waals surface area contributed by atoms with Crippen molar-refractivity contribution in [2.24, 2.45) is 12.8 Å². The molecule has 2 rings (SSSR count). The van der Waals surface area contributed by atoms with E-state index in [4.69, 9.17) is 18.0 Å². The zero-order valence-corrected chi connectivity index (χ0v) is 11.3. The molecule has 0 aliphatic heterocycles. The van der Waals surface area contributed by atoms with Crippen LogP contribution < -0.4 is 11.1 Å². The van der Waals surface area contributed by atoms with Gasteiger partial charge in [0.2, 0.25) is 0 Å². The van der Waals surface area contributed by atoms with Crippen molar-refractivity contribution in [1.29, 1.82) is 0 Å². The molecule has 2 aromatic rings. The number of carbonyl (C=O) groups is 1. The van der Waals surface area contributed by atoms with Crippen molar-refractivity contribution in [2.45, 2.75) is 6.92 Å². The van der Waals surface area contributed by atoms with Crippen LogP contribution in [-0.2, 0) is 7.05 Å². The quantitative estimate of drug-likeness (QED) is 0.794. The molecule has 7 nitrogen and oxygen atoms in total. The first kappa shape index (κ1) is 12.6. The Bertz CT molecular complexity index is 616. The highest BCUT2D eigenvalue weighted by atomic mass is 32.1. The lowest BCUT2D eigenvalue weighted by Gasteiger charge is -2.06. The minimum Gasteiger partial charge on any atom is -0.389 e. The zero-order chi connectivity index (χ0) is 13.3. The summed E-state index contributed by atoms with van der Waals surface area (Å²) in [6, 6.07) is 0. The molecule has 3 N–H and O–H groups in total. The van der Waals surface area contributed by atoms with Gasteiger partial charge in [0.1, 0.15) is 15.7 Å². The van der Waals surface area contributed by atoms with Gasteiger partial charge in [0, 0.05) is 7.05 Å². The summed E-state index contributed by atoms with van der Waals surface area (Å²) < 4.78 is 5.21. The summed E-state index contributed by atoms with van der Waals surface area (Å²) in [7, 11) is 1.69. The van der Waals surface area contributed by atoms with E-state index in [1.54, 1.807) is 14.0 Å². The monoisotopic (exact) mass is 282 g/mol. The van der Waals surface area contributed by atoms with E-state index < -0.39 is 0 Å². The summed E-state index contributed by atoms with van der Waals surface area (Å²) in [5, 5.41) is 10.5. The second kappa shape index (κ2) is 4.78. The van der Waals surface area contributed by atoms with Crippen LogP contribution in [0.15, 0.2) is 6.20 Å². The molecular weight excluding hydrogens is 272 g/mol. The van der Waals surface area contributed by atoms with E-state index >= 15 is 0 Å². The summed E-state index contributed by atoms with van der Waals surface area (Å²) in [4.78, 5) is 12.6. The highest BCUT2D eigenvalue weighted by Crippen LogP contribution is 2.17. The molecule has 0 aromatic carbocycles. The van der Waals surface area contributed by atoms with Crippen LogP contribution in [0.2, 0.25) is 0 Å². The molecule has 94 valence electrons. The van der Waals surface area contributed by atoms with E-state index in [-0.39, 0.29) is 10.9 Å². The van der Waals surface area contributed by atoms with Gasteiger partial charge in [-0.05, 0) is 18.5 Å². The van der Waals surface area contributed by atoms with Gasteiger partial charge in [-0.2, -0.15) is 5.10 Å². The lowest BCUT2D eigenvalue weighted by atomic mass is 10.3. The van der Waals surface area contributed by atoms with Crippen LogP contribution in [0.3, 0.4) is 0 Å². The summed E-state index contributed by atoms with van der Waals surface area (Å²) in [5.74, 6) is 0.156. The third-order valence-corrected chi connectivity index (χ3v) is 3.34. The lowest BCUT2D eigenvalue weighted by molar-refractivity contribution is 0.102. The average Bonchev–Trinajstić information content (AvgIpc) is 2.86.